The lowest BCUT2D eigenvalue weighted by Gasteiger charge is -2.10. The van der Waals surface area contributed by atoms with Crippen molar-refractivity contribution >= 4 is 65.6 Å². The molecule has 12 aromatic rings. The lowest BCUT2D eigenvalue weighted by molar-refractivity contribution is 0.668. The molecule has 0 unspecified atom stereocenters. The summed E-state index contributed by atoms with van der Waals surface area (Å²) in [6.45, 7) is 0. The van der Waals surface area contributed by atoms with Crippen molar-refractivity contribution < 1.29 is 4.42 Å². The molecule has 0 atom stereocenters. The zero-order valence-corrected chi connectivity index (χ0v) is 30.5. The van der Waals surface area contributed by atoms with Crippen LogP contribution in [0.1, 0.15) is 0 Å². The standard InChI is InChI=1S/C51H31N5O/c1-4-15-32(16-5-1)49-52-50(33-17-6-2-7-18-33)54-51(53-49)40-23-14-26-44-46(40)39-28-27-35(31-45(39)57-44)56-41-24-12-10-21-36(41)37-29-30-43-47(48(37)56)38-22-11-13-25-42(38)55(43)34-19-8-3-9-20-34/h1-31H. The van der Waals surface area contributed by atoms with Gasteiger partial charge in [-0.2, -0.15) is 0 Å². The molecule has 0 spiro atoms. The average Bonchev–Trinajstić information content (AvgIpc) is 3.94. The van der Waals surface area contributed by atoms with Gasteiger partial charge >= 0.3 is 0 Å². The van der Waals surface area contributed by atoms with Crippen LogP contribution in [-0.2, 0) is 0 Å². The Hall–Kier alpha value is -7.83. The lowest BCUT2D eigenvalue weighted by atomic mass is 10.0. The number of para-hydroxylation sites is 3. The third-order valence-electron chi connectivity index (χ3n) is 11.2. The average molecular weight is 730 g/mol. The Kier molecular flexibility index (Phi) is 6.83. The Bertz CT molecular complexity index is 3450. The number of fused-ring (bicyclic) bond motifs is 10. The molecule has 0 N–H and O–H groups in total. The summed E-state index contributed by atoms with van der Waals surface area (Å²) in [5, 5.41) is 6.81. The summed E-state index contributed by atoms with van der Waals surface area (Å²) in [5.74, 6) is 1.84. The van der Waals surface area contributed by atoms with E-state index in [1.54, 1.807) is 0 Å². The number of nitrogens with zero attached hydrogens (tertiary/aromatic N) is 5. The quantitative estimate of drug-likeness (QED) is 0.177. The van der Waals surface area contributed by atoms with Crippen molar-refractivity contribution in [2.45, 2.75) is 0 Å². The van der Waals surface area contributed by atoms with Crippen LogP contribution < -0.4 is 0 Å². The van der Waals surface area contributed by atoms with E-state index in [9.17, 15) is 0 Å². The number of benzene rings is 8. The molecule has 12 rings (SSSR count). The van der Waals surface area contributed by atoms with Crippen LogP contribution in [-0.4, -0.2) is 24.1 Å². The van der Waals surface area contributed by atoms with Crippen LogP contribution in [0.2, 0.25) is 0 Å². The molecular weight excluding hydrogens is 699 g/mol. The number of hydrogen-bond donors (Lipinski definition) is 0. The fourth-order valence-corrected chi connectivity index (χ4v) is 8.70. The van der Waals surface area contributed by atoms with Gasteiger partial charge in [0.1, 0.15) is 11.2 Å². The predicted molar refractivity (Wildman–Crippen MR) is 232 cm³/mol. The monoisotopic (exact) mass is 729 g/mol. The van der Waals surface area contributed by atoms with Gasteiger partial charge in [-0.1, -0.05) is 133 Å². The van der Waals surface area contributed by atoms with Crippen molar-refractivity contribution in [3.05, 3.63) is 188 Å². The van der Waals surface area contributed by atoms with Crippen molar-refractivity contribution in [3.63, 3.8) is 0 Å². The summed E-state index contributed by atoms with van der Waals surface area (Å²) >= 11 is 0. The third-order valence-corrected chi connectivity index (χ3v) is 11.2. The van der Waals surface area contributed by atoms with Crippen LogP contribution in [0.15, 0.2) is 192 Å². The molecule has 6 heteroatoms. The summed E-state index contributed by atoms with van der Waals surface area (Å²) in [7, 11) is 0. The number of hydrogen-bond acceptors (Lipinski definition) is 4. The van der Waals surface area contributed by atoms with Gasteiger partial charge in [0, 0.05) is 66.4 Å². The van der Waals surface area contributed by atoms with Crippen LogP contribution in [0.25, 0.3) is 111 Å². The van der Waals surface area contributed by atoms with E-state index in [-0.39, 0.29) is 0 Å². The Balaban J connectivity index is 1.10. The molecule has 0 saturated heterocycles. The van der Waals surface area contributed by atoms with Gasteiger partial charge in [0.15, 0.2) is 17.5 Å². The van der Waals surface area contributed by atoms with Crippen molar-refractivity contribution in [2.24, 2.45) is 0 Å². The van der Waals surface area contributed by atoms with Crippen LogP contribution in [0.3, 0.4) is 0 Å². The molecule has 4 aromatic heterocycles. The van der Waals surface area contributed by atoms with Crippen molar-refractivity contribution in [1.82, 2.24) is 24.1 Å². The van der Waals surface area contributed by atoms with E-state index in [0.717, 1.165) is 61.0 Å². The molecule has 0 amide bonds. The van der Waals surface area contributed by atoms with Crippen LogP contribution in [0.4, 0.5) is 0 Å². The molecule has 0 radical (unpaired) electrons. The number of aromatic nitrogens is 5. The minimum atomic E-state index is 0.597. The van der Waals surface area contributed by atoms with Gasteiger partial charge in [0.25, 0.3) is 0 Å². The largest absolute Gasteiger partial charge is 0.456 e. The Labute approximate surface area is 326 Å². The van der Waals surface area contributed by atoms with Crippen LogP contribution in [0, 0.1) is 0 Å². The highest BCUT2D eigenvalue weighted by Gasteiger charge is 2.22. The highest BCUT2D eigenvalue weighted by Crippen LogP contribution is 2.43. The molecule has 0 aliphatic heterocycles. The molecule has 0 bridgehead atoms. The molecule has 0 aliphatic carbocycles. The first-order valence-corrected chi connectivity index (χ1v) is 19.1. The summed E-state index contributed by atoms with van der Waals surface area (Å²) in [5.41, 5.74) is 11.1. The maximum atomic E-state index is 6.74. The maximum Gasteiger partial charge on any atom is 0.164 e. The molecule has 4 heterocycles. The van der Waals surface area contributed by atoms with E-state index in [4.69, 9.17) is 19.4 Å². The topological polar surface area (TPSA) is 61.7 Å². The first kappa shape index (κ1) is 31.5. The second kappa shape index (κ2) is 12.3. The molecule has 57 heavy (non-hydrogen) atoms. The summed E-state index contributed by atoms with van der Waals surface area (Å²) in [4.78, 5) is 15.1. The van der Waals surface area contributed by atoms with E-state index in [1.165, 1.54) is 32.6 Å². The van der Waals surface area contributed by atoms with Crippen molar-refractivity contribution in [1.29, 1.82) is 0 Å². The fraction of sp³-hybridized carbons (Fsp3) is 0. The highest BCUT2D eigenvalue weighted by atomic mass is 16.3. The normalized spacial score (nSPS) is 11.9. The van der Waals surface area contributed by atoms with Gasteiger partial charge in [-0.15, -0.1) is 0 Å². The molecule has 0 aliphatic rings. The van der Waals surface area contributed by atoms with E-state index < -0.39 is 0 Å². The molecular formula is C51H31N5O. The summed E-state index contributed by atoms with van der Waals surface area (Å²) in [6, 6.07) is 65.5. The minimum absolute atomic E-state index is 0.597. The third kappa shape index (κ3) is 4.81. The Morgan fingerprint density at radius 1 is 0.351 bits per heavy atom. The van der Waals surface area contributed by atoms with Gasteiger partial charge in [0.2, 0.25) is 0 Å². The minimum Gasteiger partial charge on any atom is -0.456 e. The Morgan fingerprint density at radius 2 is 0.947 bits per heavy atom. The smallest absolute Gasteiger partial charge is 0.164 e. The van der Waals surface area contributed by atoms with Crippen molar-refractivity contribution in [3.8, 4) is 45.5 Å². The zero-order chi connectivity index (χ0) is 37.5. The molecule has 6 nitrogen and oxygen atoms in total. The fourth-order valence-electron chi connectivity index (χ4n) is 8.70. The predicted octanol–water partition coefficient (Wildman–Crippen LogP) is 13.0. The zero-order valence-electron chi connectivity index (χ0n) is 30.5. The van der Waals surface area contributed by atoms with E-state index in [1.807, 2.05) is 72.8 Å². The number of rotatable bonds is 5. The van der Waals surface area contributed by atoms with E-state index >= 15 is 0 Å². The summed E-state index contributed by atoms with van der Waals surface area (Å²) in [6.07, 6.45) is 0. The second-order valence-corrected chi connectivity index (χ2v) is 14.4. The Morgan fingerprint density at radius 3 is 1.67 bits per heavy atom. The SMILES string of the molecule is c1ccc(-c2nc(-c3ccccc3)nc(-c3cccc4oc5cc(-n6c7ccccc7c7ccc8c(c9ccccc9n8-c8ccccc8)c76)ccc5c34)n2)cc1. The van der Waals surface area contributed by atoms with Gasteiger partial charge in [-0.3, -0.25) is 0 Å². The van der Waals surface area contributed by atoms with Crippen LogP contribution >= 0.6 is 0 Å². The van der Waals surface area contributed by atoms with Gasteiger partial charge < -0.3 is 13.6 Å². The van der Waals surface area contributed by atoms with Gasteiger partial charge in [-0.25, -0.2) is 15.0 Å². The first-order valence-electron chi connectivity index (χ1n) is 19.1. The van der Waals surface area contributed by atoms with Crippen LogP contribution in [0.5, 0.6) is 0 Å². The highest BCUT2D eigenvalue weighted by molar-refractivity contribution is 6.26. The second-order valence-electron chi connectivity index (χ2n) is 14.4. The lowest BCUT2D eigenvalue weighted by Crippen LogP contribution is -2.00. The van der Waals surface area contributed by atoms with Crippen molar-refractivity contribution in [2.75, 3.05) is 0 Å². The molecule has 8 aromatic carbocycles. The summed E-state index contributed by atoms with van der Waals surface area (Å²) < 4.78 is 11.5. The molecule has 0 saturated carbocycles. The van der Waals surface area contributed by atoms with Gasteiger partial charge in [0.05, 0.1) is 22.1 Å². The molecule has 0 fully saturated rings. The maximum absolute atomic E-state index is 6.74. The number of furan rings is 1. The van der Waals surface area contributed by atoms with Gasteiger partial charge in [-0.05, 0) is 48.5 Å². The first-order chi connectivity index (χ1) is 28.3. The van der Waals surface area contributed by atoms with E-state index in [2.05, 4.69) is 124 Å². The molecule has 266 valence electrons. The van der Waals surface area contributed by atoms with E-state index in [0.29, 0.717) is 17.5 Å².